The largest absolute Gasteiger partial charge is 0.481 e. The van der Waals surface area contributed by atoms with Gasteiger partial charge in [-0.15, -0.1) is 11.8 Å². The highest BCUT2D eigenvalue weighted by molar-refractivity contribution is 7.99. The predicted molar refractivity (Wildman–Crippen MR) is 81.7 cm³/mol. The lowest BCUT2D eigenvalue weighted by Crippen LogP contribution is -1.99. The van der Waals surface area contributed by atoms with E-state index < -0.39 is 11.8 Å². The number of hydrogen-bond donors (Lipinski definition) is 1. The molecule has 0 amide bonds. The number of rotatable bonds is 6. The van der Waals surface area contributed by atoms with Crippen molar-refractivity contribution in [3.63, 3.8) is 0 Å². The minimum Gasteiger partial charge on any atom is -0.481 e. The summed E-state index contributed by atoms with van der Waals surface area (Å²) in [5.41, 5.74) is 0.865. The summed E-state index contributed by atoms with van der Waals surface area (Å²) < 4.78 is 18.8. The number of carboxylic acid groups (broad SMARTS) is 1. The fraction of sp³-hybridized carbons (Fsp3) is 0.133. The number of carbonyl (C=O) groups is 1. The predicted octanol–water partition coefficient (Wildman–Crippen LogP) is 4.59. The lowest BCUT2D eigenvalue weighted by Gasteiger charge is -2.11. The third kappa shape index (κ3) is 4.65. The molecule has 0 aromatic heterocycles. The fourth-order valence-electron chi connectivity index (χ4n) is 1.64. The van der Waals surface area contributed by atoms with Crippen molar-refractivity contribution < 1.29 is 19.0 Å². The summed E-state index contributed by atoms with van der Waals surface area (Å²) in [7, 11) is 0. The number of thioether (sulfide) groups is 1. The van der Waals surface area contributed by atoms with Crippen LogP contribution in [0.4, 0.5) is 4.39 Å². The van der Waals surface area contributed by atoms with E-state index >= 15 is 0 Å². The van der Waals surface area contributed by atoms with Crippen molar-refractivity contribution in [1.29, 1.82) is 0 Å². The molecule has 0 saturated heterocycles. The van der Waals surface area contributed by atoms with Gasteiger partial charge in [0.15, 0.2) is 0 Å². The molecule has 0 fully saturated rings. The highest BCUT2D eigenvalue weighted by atomic mass is 35.5. The molecule has 0 atom stereocenters. The van der Waals surface area contributed by atoms with Crippen LogP contribution in [-0.2, 0) is 10.5 Å². The van der Waals surface area contributed by atoms with Gasteiger partial charge in [-0.2, -0.15) is 0 Å². The Morgan fingerprint density at radius 3 is 2.76 bits per heavy atom. The maximum atomic E-state index is 13.1. The summed E-state index contributed by atoms with van der Waals surface area (Å²) in [6, 6.07) is 11.4. The first kappa shape index (κ1) is 15.7. The molecule has 1 N–H and O–H groups in total. The molecular weight excluding hydrogens is 315 g/mol. The second kappa shape index (κ2) is 7.33. The molecule has 0 saturated carbocycles. The monoisotopic (exact) mass is 326 g/mol. The maximum Gasteiger partial charge on any atom is 0.313 e. The van der Waals surface area contributed by atoms with Crippen molar-refractivity contribution >= 4 is 29.3 Å². The van der Waals surface area contributed by atoms with Crippen LogP contribution in [0, 0.1) is 5.82 Å². The summed E-state index contributed by atoms with van der Waals surface area (Å²) in [5, 5.41) is 8.64. The van der Waals surface area contributed by atoms with Crippen LogP contribution in [-0.4, -0.2) is 16.8 Å². The van der Waals surface area contributed by atoms with Gasteiger partial charge in [-0.1, -0.05) is 29.8 Å². The zero-order valence-corrected chi connectivity index (χ0v) is 12.5. The van der Waals surface area contributed by atoms with Crippen LogP contribution in [0.5, 0.6) is 11.5 Å². The number of halogens is 2. The van der Waals surface area contributed by atoms with Crippen molar-refractivity contribution in [2.45, 2.75) is 5.75 Å². The van der Waals surface area contributed by atoms with Crippen LogP contribution in [0.15, 0.2) is 42.5 Å². The maximum absolute atomic E-state index is 13.1. The van der Waals surface area contributed by atoms with Crippen LogP contribution < -0.4 is 4.74 Å². The Morgan fingerprint density at radius 2 is 2.05 bits per heavy atom. The van der Waals surface area contributed by atoms with Gasteiger partial charge in [-0.3, -0.25) is 4.79 Å². The van der Waals surface area contributed by atoms with E-state index in [0.29, 0.717) is 17.3 Å². The number of benzene rings is 2. The number of carboxylic acids is 1. The van der Waals surface area contributed by atoms with Crippen molar-refractivity contribution in [2.75, 3.05) is 5.75 Å². The van der Waals surface area contributed by atoms with Gasteiger partial charge in [0, 0.05) is 17.4 Å². The molecule has 2 aromatic rings. The van der Waals surface area contributed by atoms with E-state index in [-0.39, 0.29) is 10.8 Å². The van der Waals surface area contributed by atoms with Gasteiger partial charge in [0.2, 0.25) is 0 Å². The molecule has 0 bridgehead atoms. The normalized spacial score (nSPS) is 10.4. The molecule has 2 rings (SSSR count). The Hall–Kier alpha value is -1.72. The molecule has 3 nitrogen and oxygen atoms in total. The second-order valence-corrected chi connectivity index (χ2v) is 5.57. The molecule has 0 aliphatic carbocycles. The Morgan fingerprint density at radius 1 is 1.29 bits per heavy atom. The lowest BCUT2D eigenvalue weighted by molar-refractivity contribution is -0.133. The zero-order valence-electron chi connectivity index (χ0n) is 10.9. The van der Waals surface area contributed by atoms with E-state index in [9.17, 15) is 9.18 Å². The van der Waals surface area contributed by atoms with Crippen LogP contribution >= 0.6 is 23.4 Å². The molecule has 110 valence electrons. The molecule has 6 heteroatoms. The van der Waals surface area contributed by atoms with E-state index in [1.54, 1.807) is 6.07 Å². The van der Waals surface area contributed by atoms with Crippen LogP contribution in [0.1, 0.15) is 5.56 Å². The highest BCUT2D eigenvalue weighted by Crippen LogP contribution is 2.30. The van der Waals surface area contributed by atoms with Gasteiger partial charge in [-0.25, -0.2) is 4.39 Å². The topological polar surface area (TPSA) is 46.5 Å². The number of para-hydroxylation sites is 1. The molecule has 0 unspecified atom stereocenters. The van der Waals surface area contributed by atoms with Crippen molar-refractivity contribution in [3.05, 3.63) is 58.9 Å². The van der Waals surface area contributed by atoms with Crippen LogP contribution in [0.25, 0.3) is 0 Å². The summed E-state index contributed by atoms with van der Waals surface area (Å²) >= 11 is 6.99. The average molecular weight is 327 g/mol. The first-order chi connectivity index (χ1) is 10.1. The molecule has 0 aliphatic rings. The smallest absolute Gasteiger partial charge is 0.313 e. The highest BCUT2D eigenvalue weighted by Gasteiger charge is 2.08. The van der Waals surface area contributed by atoms with Gasteiger partial charge in [0.05, 0.1) is 10.8 Å². The fourth-order valence-corrected chi connectivity index (χ4v) is 2.54. The lowest BCUT2D eigenvalue weighted by atomic mass is 10.2. The van der Waals surface area contributed by atoms with E-state index in [1.165, 1.54) is 30.0 Å². The third-order valence-corrected chi connectivity index (χ3v) is 3.83. The Kier molecular flexibility index (Phi) is 5.47. The number of aliphatic carboxylic acids is 1. The number of ether oxygens (including phenoxy) is 1. The molecule has 2 aromatic carbocycles. The first-order valence-corrected chi connectivity index (χ1v) is 7.60. The van der Waals surface area contributed by atoms with Crippen LogP contribution in [0.3, 0.4) is 0 Å². The Labute approximate surface area is 130 Å². The summed E-state index contributed by atoms with van der Waals surface area (Å²) in [5.74, 6) is 0.196. The minimum absolute atomic E-state index is 0.00904. The SMILES string of the molecule is O=C(O)CSCc1ccccc1Oc1ccc(F)c(Cl)c1. The Balaban J connectivity index is 2.12. The molecule has 0 spiro atoms. The number of hydrogen-bond acceptors (Lipinski definition) is 3. The molecule has 0 radical (unpaired) electrons. The van der Waals surface area contributed by atoms with Gasteiger partial charge in [-0.05, 0) is 18.2 Å². The van der Waals surface area contributed by atoms with Crippen molar-refractivity contribution in [3.8, 4) is 11.5 Å². The molecule has 21 heavy (non-hydrogen) atoms. The minimum atomic E-state index is -0.858. The molecule has 0 heterocycles. The van der Waals surface area contributed by atoms with Crippen LogP contribution in [0.2, 0.25) is 5.02 Å². The quantitative estimate of drug-likeness (QED) is 0.843. The summed E-state index contributed by atoms with van der Waals surface area (Å²) in [6.07, 6.45) is 0. The van der Waals surface area contributed by atoms with Gasteiger partial charge < -0.3 is 9.84 Å². The van der Waals surface area contributed by atoms with Crippen molar-refractivity contribution in [2.24, 2.45) is 0 Å². The standard InChI is InChI=1S/C15H12ClFO3S/c16-12-7-11(5-6-13(12)17)20-14-4-2-1-3-10(14)8-21-9-15(18)19/h1-7H,8-9H2,(H,18,19). The van der Waals surface area contributed by atoms with Gasteiger partial charge >= 0.3 is 5.97 Å². The first-order valence-electron chi connectivity index (χ1n) is 6.06. The second-order valence-electron chi connectivity index (χ2n) is 4.17. The van der Waals surface area contributed by atoms with E-state index in [0.717, 1.165) is 5.56 Å². The average Bonchev–Trinajstić information content (AvgIpc) is 2.44. The molecular formula is C15H12ClFO3S. The van der Waals surface area contributed by atoms with Gasteiger partial charge in [0.1, 0.15) is 17.3 Å². The van der Waals surface area contributed by atoms with E-state index in [4.69, 9.17) is 21.4 Å². The van der Waals surface area contributed by atoms with E-state index in [2.05, 4.69) is 0 Å². The van der Waals surface area contributed by atoms with Gasteiger partial charge in [0.25, 0.3) is 0 Å². The van der Waals surface area contributed by atoms with E-state index in [1.807, 2.05) is 18.2 Å². The molecule has 0 aliphatic heterocycles. The summed E-state index contributed by atoms with van der Waals surface area (Å²) in [6.45, 7) is 0. The zero-order chi connectivity index (χ0) is 15.2. The Bertz CT molecular complexity index is 649. The third-order valence-electron chi connectivity index (χ3n) is 2.57. The van der Waals surface area contributed by atoms with Crippen molar-refractivity contribution in [1.82, 2.24) is 0 Å². The summed E-state index contributed by atoms with van der Waals surface area (Å²) in [4.78, 5) is 10.5.